The number of hydrogen-bond donors (Lipinski definition) is 6. The van der Waals surface area contributed by atoms with E-state index in [0.29, 0.717) is 24.7 Å². The van der Waals surface area contributed by atoms with Gasteiger partial charge in [0.2, 0.25) is 0 Å². The molecule has 3 saturated heterocycles. The number of ether oxygens (including phenoxy) is 6. The Morgan fingerprint density at radius 1 is 0.647 bits per heavy atom. The Bertz CT molecular complexity index is 1220. The lowest BCUT2D eigenvalue weighted by atomic mass is 9.43. The number of aliphatic hydroxyl groups is 5. The summed E-state index contributed by atoms with van der Waals surface area (Å²) in [7, 11) is 0. The van der Waals surface area contributed by atoms with Gasteiger partial charge in [0.1, 0.15) is 18.3 Å². The third-order valence-electron chi connectivity index (χ3n) is 15.0. The first-order valence-electron chi connectivity index (χ1n) is 19.6. The quantitative estimate of drug-likeness (QED) is 0.210. The maximum absolute atomic E-state index is 12.2. The highest BCUT2D eigenvalue weighted by atomic mass is 16.7. The van der Waals surface area contributed by atoms with Crippen LogP contribution in [-0.4, -0.2) is 122 Å². The third kappa shape index (κ3) is 6.72. The minimum atomic E-state index is -0.999. The molecule has 51 heavy (non-hydrogen) atoms. The van der Waals surface area contributed by atoms with E-state index in [0.717, 1.165) is 44.9 Å². The van der Waals surface area contributed by atoms with Crippen LogP contribution in [0.1, 0.15) is 112 Å². The van der Waals surface area contributed by atoms with E-state index in [4.69, 9.17) is 28.4 Å². The van der Waals surface area contributed by atoms with Crippen LogP contribution in [0.4, 0.5) is 0 Å². The molecule has 292 valence electrons. The van der Waals surface area contributed by atoms with Gasteiger partial charge in [0, 0.05) is 24.7 Å². The molecule has 0 amide bonds. The largest absolute Gasteiger partial charge is 0.481 e. The van der Waals surface area contributed by atoms with Crippen LogP contribution in [0.15, 0.2) is 0 Å². The molecule has 3 heterocycles. The smallest absolute Gasteiger partial charge is 0.307 e. The molecule has 4 saturated carbocycles. The third-order valence-corrected chi connectivity index (χ3v) is 15.0. The SMILES string of the molecule is C[C@H]1O[C@@H](O[C@H]2[C@@H](O)C[C@H](O[C@H]3[C@@H](O)C[C@H](O[C@H]4CC[C@@]5(C)[C@H](CC[C@@H]6[C@@H]5CC[C@]5(C)[C@@H](C(=O)O)CC[C@]65O)C4)O[C@@H]3C)O[C@@H]2C)C[C@H](O)[C@@H]1O. The monoisotopic (exact) mass is 726 g/mol. The van der Waals surface area contributed by atoms with Gasteiger partial charge < -0.3 is 59.1 Å². The first-order valence-corrected chi connectivity index (χ1v) is 19.6. The van der Waals surface area contributed by atoms with Crippen molar-refractivity contribution in [3.05, 3.63) is 0 Å². The summed E-state index contributed by atoms with van der Waals surface area (Å²) in [5.74, 6) is -0.313. The van der Waals surface area contributed by atoms with Crippen LogP contribution >= 0.6 is 0 Å². The van der Waals surface area contributed by atoms with E-state index in [9.17, 15) is 35.4 Å². The molecule has 3 aliphatic heterocycles. The molecule has 6 N–H and O–H groups in total. The summed E-state index contributed by atoms with van der Waals surface area (Å²) in [5, 5.41) is 64.4. The van der Waals surface area contributed by atoms with Crippen molar-refractivity contribution in [1.29, 1.82) is 0 Å². The van der Waals surface area contributed by atoms with Crippen LogP contribution in [-0.2, 0) is 33.2 Å². The first-order chi connectivity index (χ1) is 24.0. The molecule has 0 aromatic heterocycles. The summed E-state index contributed by atoms with van der Waals surface area (Å²) in [6, 6.07) is 0. The van der Waals surface area contributed by atoms with Crippen molar-refractivity contribution < 1.29 is 63.9 Å². The van der Waals surface area contributed by atoms with E-state index >= 15 is 0 Å². The molecular weight excluding hydrogens is 664 g/mol. The van der Waals surface area contributed by atoms with Gasteiger partial charge in [-0.1, -0.05) is 13.8 Å². The lowest BCUT2D eigenvalue weighted by Crippen LogP contribution is -2.62. The van der Waals surface area contributed by atoms with Gasteiger partial charge in [0.05, 0.1) is 54.2 Å². The van der Waals surface area contributed by atoms with Crippen molar-refractivity contribution in [3.8, 4) is 0 Å². The average molecular weight is 727 g/mol. The predicted molar refractivity (Wildman–Crippen MR) is 180 cm³/mol. The normalized spacial score (nSPS) is 56.1. The van der Waals surface area contributed by atoms with Gasteiger partial charge in [-0.25, -0.2) is 0 Å². The first kappa shape index (κ1) is 38.3. The molecule has 20 atom stereocenters. The number of carboxylic acids is 1. The molecule has 7 rings (SSSR count). The second kappa shape index (κ2) is 14.3. The standard InChI is InChI=1S/C38H62O13/c1-18-32(42)26(39)15-30(46-18)50-34-20(3)48-31(17-28(34)41)51-33-19(2)47-29(16-27(33)40)49-22-8-11-36(4)21(14-22)6-7-24-23(36)9-12-37(5)25(35(43)44)10-13-38(24,37)45/h18-34,39-42,45H,6-17H2,1-5H3,(H,43,44)/t18-,19-,20-,21-,22+,23+,24-,25-,26+,27+,28+,29+,30+,31+,32-,33-,34-,36+,37-,38+/m1/s1. The van der Waals surface area contributed by atoms with Crippen LogP contribution in [0.3, 0.4) is 0 Å². The summed E-state index contributed by atoms with van der Waals surface area (Å²) in [6.45, 7) is 9.68. The molecule has 0 aromatic carbocycles. The van der Waals surface area contributed by atoms with E-state index in [1.54, 1.807) is 13.8 Å². The number of rotatable bonds is 7. The maximum atomic E-state index is 12.2. The zero-order chi connectivity index (χ0) is 36.6. The van der Waals surface area contributed by atoms with Crippen molar-refractivity contribution in [2.75, 3.05) is 0 Å². The molecule has 13 heteroatoms. The maximum Gasteiger partial charge on any atom is 0.307 e. The number of hydrogen-bond acceptors (Lipinski definition) is 12. The zero-order valence-electron chi connectivity index (χ0n) is 30.8. The molecule has 0 radical (unpaired) electrons. The van der Waals surface area contributed by atoms with Gasteiger partial charge in [0.15, 0.2) is 18.9 Å². The summed E-state index contributed by atoms with van der Waals surface area (Å²) >= 11 is 0. The number of carboxylic acid groups (broad SMARTS) is 1. The molecule has 13 nitrogen and oxygen atoms in total. The Morgan fingerprint density at radius 2 is 1.22 bits per heavy atom. The van der Waals surface area contributed by atoms with E-state index in [2.05, 4.69) is 6.92 Å². The van der Waals surface area contributed by atoms with E-state index in [1.165, 1.54) is 0 Å². The van der Waals surface area contributed by atoms with Crippen molar-refractivity contribution in [3.63, 3.8) is 0 Å². The molecule has 0 aromatic rings. The highest BCUT2D eigenvalue weighted by Gasteiger charge is 2.68. The summed E-state index contributed by atoms with van der Waals surface area (Å²) < 4.78 is 36.7. The van der Waals surface area contributed by atoms with E-state index in [-0.39, 0.29) is 36.7 Å². The Morgan fingerprint density at radius 3 is 1.78 bits per heavy atom. The fourth-order valence-corrected chi connectivity index (χ4v) is 12.0. The highest BCUT2D eigenvalue weighted by Crippen LogP contribution is 2.69. The topological polar surface area (TPSA) is 194 Å². The Kier molecular flexibility index (Phi) is 10.7. The summed E-state index contributed by atoms with van der Waals surface area (Å²) in [4.78, 5) is 12.1. The van der Waals surface area contributed by atoms with Crippen LogP contribution in [0.5, 0.6) is 0 Å². The Hall–Kier alpha value is -0.970. The van der Waals surface area contributed by atoms with Gasteiger partial charge in [-0.05, 0) is 102 Å². The second-order valence-electron chi connectivity index (χ2n) is 17.7. The van der Waals surface area contributed by atoms with Crippen LogP contribution in [0.2, 0.25) is 0 Å². The minimum absolute atomic E-state index is 0.00331. The van der Waals surface area contributed by atoms with Crippen molar-refractivity contribution in [1.82, 2.24) is 0 Å². The van der Waals surface area contributed by atoms with Crippen molar-refractivity contribution in [2.45, 2.75) is 197 Å². The molecule has 4 aliphatic carbocycles. The fraction of sp³-hybridized carbons (Fsp3) is 0.974. The van der Waals surface area contributed by atoms with Gasteiger partial charge in [-0.3, -0.25) is 4.79 Å². The zero-order valence-corrected chi connectivity index (χ0v) is 30.8. The van der Waals surface area contributed by atoms with Crippen LogP contribution in [0, 0.1) is 34.5 Å². The highest BCUT2D eigenvalue weighted by molar-refractivity contribution is 5.72. The van der Waals surface area contributed by atoms with E-state index in [1.807, 2.05) is 13.8 Å². The molecular formula is C38H62O13. The van der Waals surface area contributed by atoms with Crippen molar-refractivity contribution in [2.24, 2.45) is 34.5 Å². The van der Waals surface area contributed by atoms with Crippen LogP contribution in [0.25, 0.3) is 0 Å². The predicted octanol–water partition coefficient (Wildman–Crippen LogP) is 2.85. The molecule has 0 bridgehead atoms. The lowest BCUT2D eigenvalue weighted by molar-refractivity contribution is -0.336. The Labute approximate surface area is 301 Å². The van der Waals surface area contributed by atoms with Gasteiger partial charge >= 0.3 is 5.97 Å². The number of fused-ring (bicyclic) bond motifs is 5. The van der Waals surface area contributed by atoms with Crippen LogP contribution < -0.4 is 0 Å². The second-order valence-corrected chi connectivity index (χ2v) is 17.7. The Balaban J connectivity index is 0.898. The summed E-state index contributed by atoms with van der Waals surface area (Å²) in [6.07, 6.45) is -1.12. The van der Waals surface area contributed by atoms with Gasteiger partial charge in [-0.2, -0.15) is 0 Å². The molecule has 0 spiro atoms. The number of carbonyl (C=O) groups is 1. The number of aliphatic hydroxyl groups excluding tert-OH is 4. The average Bonchev–Trinajstić information content (AvgIpc) is 3.34. The van der Waals surface area contributed by atoms with Gasteiger partial charge in [0.25, 0.3) is 0 Å². The molecule has 7 aliphatic rings. The number of aliphatic carboxylic acids is 1. The fourth-order valence-electron chi connectivity index (χ4n) is 12.0. The summed E-state index contributed by atoms with van der Waals surface area (Å²) in [5.41, 5.74) is -1.43. The molecule has 0 unspecified atom stereocenters. The van der Waals surface area contributed by atoms with E-state index < -0.39 is 96.7 Å². The van der Waals surface area contributed by atoms with Gasteiger partial charge in [-0.15, -0.1) is 0 Å². The van der Waals surface area contributed by atoms with Crippen molar-refractivity contribution >= 4 is 5.97 Å². The molecule has 7 fully saturated rings. The minimum Gasteiger partial charge on any atom is -0.481 e. The lowest BCUT2D eigenvalue weighted by Gasteiger charge is -2.63.